The van der Waals surface area contributed by atoms with Crippen LogP contribution >= 0.6 is 11.3 Å². The van der Waals surface area contributed by atoms with Gasteiger partial charge in [0.1, 0.15) is 6.54 Å². The van der Waals surface area contributed by atoms with E-state index in [0.29, 0.717) is 12.4 Å². The molecule has 1 aliphatic carbocycles. The lowest BCUT2D eigenvalue weighted by Gasteiger charge is -2.03. The van der Waals surface area contributed by atoms with Crippen LogP contribution in [0.25, 0.3) is 0 Å². The SMILES string of the molecule is O=C(Cn1cc(NC(=O)C2CC2)nn1)NCc1cccs1. The third-order valence-electron chi connectivity index (χ3n) is 3.08. The third kappa shape index (κ3) is 3.88. The van der Waals surface area contributed by atoms with E-state index in [1.54, 1.807) is 17.5 Å². The number of amides is 2. The van der Waals surface area contributed by atoms with Gasteiger partial charge in [-0.15, -0.1) is 16.4 Å². The van der Waals surface area contributed by atoms with Crippen molar-refractivity contribution < 1.29 is 9.59 Å². The van der Waals surface area contributed by atoms with Crippen molar-refractivity contribution in [3.8, 4) is 0 Å². The van der Waals surface area contributed by atoms with Crippen LogP contribution in [-0.4, -0.2) is 26.8 Å². The highest BCUT2D eigenvalue weighted by Crippen LogP contribution is 2.29. The van der Waals surface area contributed by atoms with Gasteiger partial charge in [-0.3, -0.25) is 9.59 Å². The quantitative estimate of drug-likeness (QED) is 0.833. The normalized spacial score (nSPS) is 13.9. The van der Waals surface area contributed by atoms with Gasteiger partial charge in [0.15, 0.2) is 5.82 Å². The number of nitrogens with one attached hydrogen (secondary N) is 2. The van der Waals surface area contributed by atoms with E-state index in [0.717, 1.165) is 17.7 Å². The Hall–Kier alpha value is -2.22. The molecule has 0 radical (unpaired) electrons. The molecule has 2 N–H and O–H groups in total. The molecule has 1 fully saturated rings. The van der Waals surface area contributed by atoms with Gasteiger partial charge >= 0.3 is 0 Å². The number of carbonyl (C=O) groups excluding carboxylic acids is 2. The number of nitrogens with zero attached hydrogens (tertiary/aromatic N) is 3. The molecule has 8 heteroatoms. The van der Waals surface area contributed by atoms with E-state index in [-0.39, 0.29) is 24.3 Å². The molecule has 0 aliphatic heterocycles. The number of hydrogen-bond acceptors (Lipinski definition) is 5. The molecule has 7 nitrogen and oxygen atoms in total. The molecule has 2 aromatic rings. The number of rotatable bonds is 6. The van der Waals surface area contributed by atoms with E-state index in [9.17, 15) is 9.59 Å². The first-order valence-corrected chi connectivity index (χ1v) is 7.59. The highest BCUT2D eigenvalue weighted by molar-refractivity contribution is 7.09. The van der Waals surface area contributed by atoms with Crippen LogP contribution in [0.1, 0.15) is 17.7 Å². The van der Waals surface area contributed by atoms with Crippen molar-refractivity contribution in [1.29, 1.82) is 0 Å². The van der Waals surface area contributed by atoms with Crippen molar-refractivity contribution in [2.75, 3.05) is 5.32 Å². The molecule has 1 aliphatic rings. The minimum absolute atomic E-state index is 0.0239. The van der Waals surface area contributed by atoms with Crippen LogP contribution in [0.2, 0.25) is 0 Å². The maximum absolute atomic E-state index is 11.8. The van der Waals surface area contributed by atoms with E-state index >= 15 is 0 Å². The summed E-state index contributed by atoms with van der Waals surface area (Å²) in [5.74, 6) is 0.333. The fourth-order valence-corrected chi connectivity index (χ4v) is 2.45. The monoisotopic (exact) mass is 305 g/mol. The summed E-state index contributed by atoms with van der Waals surface area (Å²) in [6.45, 7) is 0.591. The number of thiophene rings is 1. The molecule has 0 saturated heterocycles. The summed E-state index contributed by atoms with van der Waals surface area (Å²) >= 11 is 1.59. The fourth-order valence-electron chi connectivity index (χ4n) is 1.81. The van der Waals surface area contributed by atoms with Crippen LogP contribution in [-0.2, 0) is 22.7 Å². The van der Waals surface area contributed by atoms with Crippen LogP contribution < -0.4 is 10.6 Å². The maximum atomic E-state index is 11.8. The summed E-state index contributed by atoms with van der Waals surface area (Å²) in [7, 11) is 0. The zero-order valence-electron chi connectivity index (χ0n) is 11.3. The highest BCUT2D eigenvalue weighted by Gasteiger charge is 2.30. The molecule has 0 aromatic carbocycles. The standard InChI is InChI=1S/C13H15N5O2S/c19-12(14-6-10-2-1-5-21-10)8-18-7-11(16-17-18)15-13(20)9-3-4-9/h1-2,5,7,9H,3-4,6,8H2,(H,14,19)(H,15,20). The van der Waals surface area contributed by atoms with Gasteiger partial charge < -0.3 is 10.6 Å². The van der Waals surface area contributed by atoms with E-state index in [1.165, 1.54) is 4.68 Å². The summed E-state index contributed by atoms with van der Waals surface area (Å²) in [5, 5.41) is 15.1. The summed E-state index contributed by atoms with van der Waals surface area (Å²) in [5.41, 5.74) is 0. The fraction of sp³-hybridized carbons (Fsp3) is 0.385. The van der Waals surface area contributed by atoms with Crippen molar-refractivity contribution in [3.05, 3.63) is 28.6 Å². The van der Waals surface area contributed by atoms with E-state index < -0.39 is 0 Å². The average Bonchev–Trinajstić information content (AvgIpc) is 3.02. The van der Waals surface area contributed by atoms with Gasteiger partial charge in [-0.1, -0.05) is 11.3 Å². The van der Waals surface area contributed by atoms with Gasteiger partial charge in [-0.2, -0.15) is 0 Å². The Balaban J connectivity index is 1.47. The predicted octanol–water partition coefficient (Wildman–Crippen LogP) is 1.00. The van der Waals surface area contributed by atoms with Gasteiger partial charge in [-0.25, -0.2) is 4.68 Å². The second-order valence-corrected chi connectivity index (χ2v) is 5.95. The van der Waals surface area contributed by atoms with Gasteiger partial charge in [0.25, 0.3) is 0 Å². The minimum atomic E-state index is -0.145. The molecule has 2 aromatic heterocycles. The van der Waals surface area contributed by atoms with Gasteiger partial charge in [0.2, 0.25) is 11.8 Å². The van der Waals surface area contributed by atoms with Crippen molar-refractivity contribution in [3.63, 3.8) is 0 Å². The molecule has 0 unspecified atom stereocenters. The Bertz CT molecular complexity index is 633. The summed E-state index contributed by atoms with van der Waals surface area (Å²) in [6.07, 6.45) is 3.43. The zero-order chi connectivity index (χ0) is 14.7. The van der Waals surface area contributed by atoms with Crippen LogP contribution in [0.15, 0.2) is 23.7 Å². The minimum Gasteiger partial charge on any atom is -0.350 e. The van der Waals surface area contributed by atoms with E-state index in [2.05, 4.69) is 20.9 Å². The van der Waals surface area contributed by atoms with Crippen molar-refractivity contribution >= 4 is 29.0 Å². The number of aromatic nitrogens is 3. The molecule has 110 valence electrons. The molecular weight excluding hydrogens is 290 g/mol. The topological polar surface area (TPSA) is 88.9 Å². The molecule has 1 saturated carbocycles. The Labute approximate surface area is 125 Å². The molecule has 3 rings (SSSR count). The Kier molecular flexibility index (Phi) is 3.96. The van der Waals surface area contributed by atoms with Crippen LogP contribution in [0.3, 0.4) is 0 Å². The first-order valence-electron chi connectivity index (χ1n) is 6.71. The molecule has 2 heterocycles. The molecule has 0 atom stereocenters. The van der Waals surface area contributed by atoms with Gasteiger partial charge in [-0.05, 0) is 24.3 Å². The number of hydrogen-bond donors (Lipinski definition) is 2. The maximum Gasteiger partial charge on any atom is 0.242 e. The molecule has 2 amide bonds. The highest BCUT2D eigenvalue weighted by atomic mass is 32.1. The lowest BCUT2D eigenvalue weighted by atomic mass is 10.4. The third-order valence-corrected chi connectivity index (χ3v) is 3.96. The summed E-state index contributed by atoms with van der Waals surface area (Å²) < 4.78 is 1.41. The van der Waals surface area contributed by atoms with Gasteiger partial charge in [0.05, 0.1) is 12.7 Å². The van der Waals surface area contributed by atoms with Crippen LogP contribution in [0.5, 0.6) is 0 Å². The van der Waals surface area contributed by atoms with Crippen molar-refractivity contribution in [1.82, 2.24) is 20.3 Å². The zero-order valence-corrected chi connectivity index (χ0v) is 12.1. The lowest BCUT2D eigenvalue weighted by Crippen LogP contribution is -2.27. The first-order chi connectivity index (χ1) is 10.2. The van der Waals surface area contributed by atoms with Crippen LogP contribution in [0, 0.1) is 5.92 Å². The van der Waals surface area contributed by atoms with E-state index in [1.807, 2.05) is 17.5 Å². The molecule has 0 bridgehead atoms. The summed E-state index contributed by atoms with van der Waals surface area (Å²) in [6, 6.07) is 3.91. The largest absolute Gasteiger partial charge is 0.350 e. The van der Waals surface area contributed by atoms with Crippen molar-refractivity contribution in [2.24, 2.45) is 5.92 Å². The molecule has 0 spiro atoms. The number of carbonyl (C=O) groups is 2. The van der Waals surface area contributed by atoms with Gasteiger partial charge in [0, 0.05) is 10.8 Å². The summed E-state index contributed by atoms with van der Waals surface area (Å²) in [4.78, 5) is 24.4. The first kappa shape index (κ1) is 13.7. The average molecular weight is 305 g/mol. The number of anilines is 1. The lowest BCUT2D eigenvalue weighted by molar-refractivity contribution is -0.122. The Morgan fingerprint density at radius 2 is 2.29 bits per heavy atom. The Morgan fingerprint density at radius 1 is 1.43 bits per heavy atom. The van der Waals surface area contributed by atoms with E-state index in [4.69, 9.17) is 0 Å². The second kappa shape index (κ2) is 6.04. The van der Waals surface area contributed by atoms with Crippen LogP contribution in [0.4, 0.5) is 5.82 Å². The molecule has 21 heavy (non-hydrogen) atoms. The van der Waals surface area contributed by atoms with Crippen molar-refractivity contribution in [2.45, 2.75) is 25.9 Å². The predicted molar refractivity (Wildman–Crippen MR) is 77.5 cm³/mol. The molecular formula is C13H15N5O2S. The second-order valence-electron chi connectivity index (χ2n) is 4.92. The smallest absolute Gasteiger partial charge is 0.242 e. The Morgan fingerprint density at radius 3 is 3.00 bits per heavy atom.